The Hall–Kier alpha value is -0.830. The third-order valence-corrected chi connectivity index (χ3v) is 3.44. The molecule has 0 fully saturated rings. The second-order valence-corrected chi connectivity index (χ2v) is 6.28. The summed E-state index contributed by atoms with van der Waals surface area (Å²) in [4.78, 5) is 4.28. The van der Waals surface area contributed by atoms with Gasteiger partial charge in [0.1, 0.15) is 0 Å². The highest BCUT2D eigenvalue weighted by atomic mass is 15.1. The van der Waals surface area contributed by atoms with Crippen molar-refractivity contribution < 1.29 is 0 Å². The van der Waals surface area contributed by atoms with Crippen LogP contribution in [0.5, 0.6) is 0 Å². The molecule has 0 amide bonds. The molecule has 18 heavy (non-hydrogen) atoms. The van der Waals surface area contributed by atoms with Crippen LogP contribution in [0.3, 0.4) is 0 Å². The van der Waals surface area contributed by atoms with Crippen molar-refractivity contribution in [1.29, 1.82) is 0 Å². The zero-order chi connectivity index (χ0) is 13.7. The molecule has 1 rings (SSSR count). The van der Waals surface area contributed by atoms with E-state index in [4.69, 9.17) is 5.73 Å². The molecule has 1 aromatic rings. The Balaban J connectivity index is 2.69. The van der Waals surface area contributed by atoms with Crippen LogP contribution in [0.2, 0.25) is 0 Å². The van der Waals surface area contributed by atoms with Crippen LogP contribution in [0.15, 0.2) is 12.5 Å². The molecule has 0 aromatic carbocycles. The first-order valence-electron chi connectivity index (χ1n) is 7.19. The monoisotopic (exact) mass is 251 g/mol. The molecule has 0 aliphatic rings. The zero-order valence-corrected chi connectivity index (χ0v) is 12.6. The number of hydrogen-bond acceptors (Lipinski definition) is 2. The molecule has 3 heteroatoms. The van der Waals surface area contributed by atoms with Gasteiger partial charge in [-0.25, -0.2) is 4.98 Å². The molecule has 0 aliphatic heterocycles. The summed E-state index contributed by atoms with van der Waals surface area (Å²) in [5, 5.41) is 0. The van der Waals surface area contributed by atoms with Crippen molar-refractivity contribution in [3.8, 4) is 0 Å². The maximum Gasteiger partial charge on any atom is 0.0951 e. The predicted octanol–water partition coefficient (Wildman–Crippen LogP) is 3.93. The van der Waals surface area contributed by atoms with E-state index in [-0.39, 0.29) is 6.04 Å². The van der Waals surface area contributed by atoms with Gasteiger partial charge in [-0.2, -0.15) is 0 Å². The Morgan fingerprint density at radius 2 is 1.78 bits per heavy atom. The highest BCUT2D eigenvalue weighted by Gasteiger charge is 2.16. The fourth-order valence-electron chi connectivity index (χ4n) is 2.31. The van der Waals surface area contributed by atoms with Gasteiger partial charge in [0.25, 0.3) is 0 Å². The number of rotatable bonds is 7. The molecule has 2 N–H and O–H groups in total. The second-order valence-electron chi connectivity index (χ2n) is 6.28. The van der Waals surface area contributed by atoms with Gasteiger partial charge in [-0.15, -0.1) is 0 Å². The first kappa shape index (κ1) is 15.2. The van der Waals surface area contributed by atoms with Gasteiger partial charge in [-0.3, -0.25) is 0 Å². The third kappa shape index (κ3) is 4.45. The van der Waals surface area contributed by atoms with E-state index in [9.17, 15) is 0 Å². The molecule has 0 radical (unpaired) electrons. The van der Waals surface area contributed by atoms with Crippen LogP contribution < -0.4 is 5.73 Å². The Kier molecular flexibility index (Phi) is 5.86. The Labute approximate surface area is 112 Å². The van der Waals surface area contributed by atoms with Crippen LogP contribution in [0, 0.1) is 11.8 Å². The van der Waals surface area contributed by atoms with Gasteiger partial charge in [0, 0.05) is 18.3 Å². The van der Waals surface area contributed by atoms with Crippen molar-refractivity contribution in [2.75, 3.05) is 0 Å². The van der Waals surface area contributed by atoms with Gasteiger partial charge in [0.15, 0.2) is 0 Å². The molecule has 3 nitrogen and oxygen atoms in total. The normalized spacial score (nSPS) is 15.3. The van der Waals surface area contributed by atoms with Gasteiger partial charge in [0.2, 0.25) is 0 Å². The van der Waals surface area contributed by atoms with Crippen LogP contribution in [-0.4, -0.2) is 9.55 Å². The van der Waals surface area contributed by atoms with Crippen molar-refractivity contribution in [3.63, 3.8) is 0 Å². The Morgan fingerprint density at radius 3 is 2.33 bits per heavy atom. The fourth-order valence-corrected chi connectivity index (χ4v) is 2.31. The lowest BCUT2D eigenvalue weighted by Crippen LogP contribution is -2.19. The summed E-state index contributed by atoms with van der Waals surface area (Å²) in [6.07, 6.45) is 7.32. The fraction of sp³-hybridized carbons (Fsp3) is 0.800. The average molecular weight is 251 g/mol. The van der Waals surface area contributed by atoms with E-state index in [1.54, 1.807) is 0 Å². The highest BCUT2D eigenvalue weighted by Crippen LogP contribution is 2.24. The van der Waals surface area contributed by atoms with Crippen LogP contribution in [0.4, 0.5) is 0 Å². The van der Waals surface area contributed by atoms with Gasteiger partial charge < -0.3 is 10.3 Å². The minimum absolute atomic E-state index is 0.106. The number of aromatic nitrogens is 2. The number of nitrogens with zero attached hydrogens (tertiary/aromatic N) is 2. The molecule has 0 aliphatic carbocycles. The van der Waals surface area contributed by atoms with Crippen molar-refractivity contribution in [2.45, 2.75) is 66.0 Å². The molecule has 104 valence electrons. The van der Waals surface area contributed by atoms with E-state index in [1.807, 2.05) is 12.5 Å². The van der Waals surface area contributed by atoms with Gasteiger partial charge in [-0.05, 0) is 38.0 Å². The molecular formula is C15H29N3. The van der Waals surface area contributed by atoms with Crippen molar-refractivity contribution in [2.24, 2.45) is 17.6 Å². The molecule has 2 unspecified atom stereocenters. The van der Waals surface area contributed by atoms with Crippen molar-refractivity contribution in [1.82, 2.24) is 9.55 Å². The van der Waals surface area contributed by atoms with Gasteiger partial charge in [-0.1, -0.05) is 27.7 Å². The number of hydrogen-bond donors (Lipinski definition) is 1. The zero-order valence-electron chi connectivity index (χ0n) is 12.6. The second kappa shape index (κ2) is 6.93. The first-order chi connectivity index (χ1) is 8.41. The van der Waals surface area contributed by atoms with Crippen molar-refractivity contribution >= 4 is 0 Å². The molecule has 0 spiro atoms. The summed E-state index contributed by atoms with van der Waals surface area (Å²) < 4.78 is 2.26. The van der Waals surface area contributed by atoms with E-state index >= 15 is 0 Å². The Bertz CT molecular complexity index is 341. The first-order valence-corrected chi connectivity index (χ1v) is 7.19. The lowest BCUT2D eigenvalue weighted by Gasteiger charge is -2.21. The van der Waals surface area contributed by atoms with Crippen molar-refractivity contribution in [3.05, 3.63) is 18.2 Å². The summed E-state index contributed by atoms with van der Waals surface area (Å²) in [7, 11) is 0. The van der Waals surface area contributed by atoms with E-state index in [2.05, 4.69) is 44.2 Å². The summed E-state index contributed by atoms with van der Waals surface area (Å²) in [5.74, 6) is 1.37. The van der Waals surface area contributed by atoms with Crippen LogP contribution >= 0.6 is 0 Å². The number of imidazole rings is 1. The molecule has 2 atom stereocenters. The minimum Gasteiger partial charge on any atom is -0.330 e. The maximum absolute atomic E-state index is 6.27. The van der Waals surface area contributed by atoms with E-state index < -0.39 is 0 Å². The predicted molar refractivity (Wildman–Crippen MR) is 77.4 cm³/mol. The van der Waals surface area contributed by atoms with Crippen LogP contribution in [0.25, 0.3) is 0 Å². The lowest BCUT2D eigenvalue weighted by atomic mass is 10.0. The summed E-state index contributed by atoms with van der Waals surface area (Å²) in [6.45, 7) is 11.2. The minimum atomic E-state index is 0.106. The molecule has 1 heterocycles. The summed E-state index contributed by atoms with van der Waals surface area (Å²) in [5.41, 5.74) is 7.45. The third-order valence-electron chi connectivity index (χ3n) is 3.44. The van der Waals surface area contributed by atoms with Crippen LogP contribution in [-0.2, 0) is 0 Å². The SMILES string of the molecule is CC(C)CCC(C)n1cncc1C(N)CC(C)C. The topological polar surface area (TPSA) is 43.8 Å². The Morgan fingerprint density at radius 1 is 1.11 bits per heavy atom. The maximum atomic E-state index is 6.27. The average Bonchev–Trinajstić information content (AvgIpc) is 2.73. The summed E-state index contributed by atoms with van der Waals surface area (Å²) in [6, 6.07) is 0.595. The molecular weight excluding hydrogens is 222 g/mol. The summed E-state index contributed by atoms with van der Waals surface area (Å²) >= 11 is 0. The van der Waals surface area contributed by atoms with E-state index in [1.165, 1.54) is 18.5 Å². The highest BCUT2D eigenvalue weighted by molar-refractivity contribution is 5.06. The number of nitrogens with two attached hydrogens (primary N) is 1. The standard InChI is InChI=1S/C15H29N3/c1-11(2)6-7-13(5)18-10-17-9-15(18)14(16)8-12(3)4/h9-14H,6-8,16H2,1-5H3. The quantitative estimate of drug-likeness (QED) is 0.798. The van der Waals surface area contributed by atoms with E-state index in [0.29, 0.717) is 12.0 Å². The van der Waals surface area contributed by atoms with Gasteiger partial charge >= 0.3 is 0 Å². The molecule has 0 bridgehead atoms. The lowest BCUT2D eigenvalue weighted by molar-refractivity contribution is 0.410. The van der Waals surface area contributed by atoms with E-state index in [0.717, 1.165) is 12.3 Å². The molecule has 0 saturated heterocycles. The smallest absolute Gasteiger partial charge is 0.0951 e. The van der Waals surface area contributed by atoms with Crippen LogP contribution in [0.1, 0.15) is 71.7 Å². The largest absolute Gasteiger partial charge is 0.330 e. The van der Waals surface area contributed by atoms with Gasteiger partial charge in [0.05, 0.1) is 12.0 Å². The molecule has 1 aromatic heterocycles. The molecule has 0 saturated carbocycles.